The van der Waals surface area contributed by atoms with Crippen molar-refractivity contribution in [3.05, 3.63) is 23.4 Å². The minimum absolute atomic E-state index is 0.140. The fourth-order valence-corrected chi connectivity index (χ4v) is 5.19. The van der Waals surface area contributed by atoms with Gasteiger partial charge in [0.25, 0.3) is 0 Å². The van der Waals surface area contributed by atoms with Crippen molar-refractivity contribution in [2.45, 2.75) is 45.1 Å². The molecule has 1 aromatic heterocycles. The van der Waals surface area contributed by atoms with Gasteiger partial charge in [-0.25, -0.2) is 4.98 Å². The molecule has 7 nitrogen and oxygen atoms in total. The first-order valence-corrected chi connectivity index (χ1v) is 11.0. The zero-order valence-electron chi connectivity index (χ0n) is 17.6. The van der Waals surface area contributed by atoms with Crippen LogP contribution in [0, 0.1) is 11.8 Å². The van der Waals surface area contributed by atoms with Gasteiger partial charge < -0.3 is 19.3 Å². The van der Waals surface area contributed by atoms with Crippen molar-refractivity contribution in [3.63, 3.8) is 0 Å². The highest BCUT2D eigenvalue weighted by molar-refractivity contribution is 5.34. The number of aliphatic hydroxyl groups is 1. The van der Waals surface area contributed by atoms with Gasteiger partial charge in [-0.05, 0) is 38.7 Å². The summed E-state index contributed by atoms with van der Waals surface area (Å²) in [5, 5.41) is 12.0. The average molecular weight is 404 g/mol. The summed E-state index contributed by atoms with van der Waals surface area (Å²) in [4.78, 5) is 11.3. The second-order valence-corrected chi connectivity index (χ2v) is 8.29. The molecule has 1 N–H and O–H groups in total. The first kappa shape index (κ1) is 20.6. The standard InChI is InChI=1S/C22H33N3O4/c1-3-28-20-19(11-23-21(24-20)29-4-2)22(26)17-8-5-9-18(22)14-25(13-17)12-16-7-6-10-27-15-16/h7,11,17-18,26H,3-6,8-10,12-15H2,1-2H3. The fourth-order valence-electron chi connectivity index (χ4n) is 5.19. The maximum Gasteiger partial charge on any atom is 0.319 e. The third-order valence-corrected chi connectivity index (χ3v) is 6.43. The van der Waals surface area contributed by atoms with Gasteiger partial charge in [-0.3, -0.25) is 4.90 Å². The predicted molar refractivity (Wildman–Crippen MR) is 109 cm³/mol. The van der Waals surface area contributed by atoms with Crippen molar-refractivity contribution in [1.82, 2.24) is 14.9 Å². The fraction of sp³-hybridized carbons (Fsp3) is 0.727. The largest absolute Gasteiger partial charge is 0.478 e. The number of nitrogens with zero attached hydrogens (tertiary/aromatic N) is 3. The molecule has 2 bridgehead atoms. The maximum absolute atomic E-state index is 12.0. The monoisotopic (exact) mass is 403 g/mol. The summed E-state index contributed by atoms with van der Waals surface area (Å²) in [5.74, 6) is 0.740. The van der Waals surface area contributed by atoms with Crippen LogP contribution in [0.4, 0.5) is 0 Å². The van der Waals surface area contributed by atoms with E-state index in [9.17, 15) is 5.11 Å². The lowest BCUT2D eigenvalue weighted by Gasteiger charge is -2.53. The van der Waals surface area contributed by atoms with Crippen molar-refractivity contribution in [3.8, 4) is 11.9 Å². The van der Waals surface area contributed by atoms with Gasteiger partial charge in [0.15, 0.2) is 0 Å². The third-order valence-electron chi connectivity index (χ3n) is 6.43. The summed E-state index contributed by atoms with van der Waals surface area (Å²) in [5.41, 5.74) is 1.12. The SMILES string of the molecule is CCOc1ncc(C2(O)C3CCCC2CN(CC2=CCCOC2)C3)c(OCC)n1. The minimum Gasteiger partial charge on any atom is -0.478 e. The van der Waals surface area contributed by atoms with E-state index in [-0.39, 0.29) is 11.8 Å². The van der Waals surface area contributed by atoms with Gasteiger partial charge in [0, 0.05) is 37.7 Å². The van der Waals surface area contributed by atoms with Crippen molar-refractivity contribution in [2.75, 3.05) is 46.1 Å². The number of ether oxygens (including phenoxy) is 3. The summed E-state index contributed by atoms with van der Waals surface area (Å²) in [6, 6.07) is 0.301. The summed E-state index contributed by atoms with van der Waals surface area (Å²) in [6.07, 6.45) is 8.19. The smallest absolute Gasteiger partial charge is 0.319 e. The Morgan fingerprint density at radius 2 is 1.97 bits per heavy atom. The maximum atomic E-state index is 12.0. The van der Waals surface area contributed by atoms with E-state index in [2.05, 4.69) is 20.9 Å². The van der Waals surface area contributed by atoms with E-state index in [0.29, 0.717) is 25.1 Å². The molecule has 7 heteroatoms. The molecule has 3 heterocycles. The van der Waals surface area contributed by atoms with Gasteiger partial charge in [0.2, 0.25) is 5.88 Å². The Morgan fingerprint density at radius 1 is 1.21 bits per heavy atom. The molecule has 0 amide bonds. The van der Waals surface area contributed by atoms with Crippen LogP contribution < -0.4 is 9.47 Å². The lowest BCUT2D eigenvalue weighted by atomic mass is 9.63. The topological polar surface area (TPSA) is 76.9 Å². The van der Waals surface area contributed by atoms with Gasteiger partial charge >= 0.3 is 6.01 Å². The van der Waals surface area contributed by atoms with E-state index in [0.717, 1.165) is 64.1 Å². The van der Waals surface area contributed by atoms with E-state index in [1.165, 1.54) is 5.57 Å². The van der Waals surface area contributed by atoms with Crippen molar-refractivity contribution in [1.29, 1.82) is 0 Å². The van der Waals surface area contributed by atoms with Gasteiger partial charge in [-0.1, -0.05) is 12.5 Å². The van der Waals surface area contributed by atoms with E-state index in [1.54, 1.807) is 6.20 Å². The van der Waals surface area contributed by atoms with Crippen LogP contribution in [-0.4, -0.2) is 66.0 Å². The molecule has 2 fully saturated rings. The molecule has 1 saturated carbocycles. The number of fused-ring (bicyclic) bond motifs is 2. The van der Waals surface area contributed by atoms with E-state index >= 15 is 0 Å². The van der Waals surface area contributed by atoms with Crippen LogP contribution in [0.5, 0.6) is 11.9 Å². The highest BCUT2D eigenvalue weighted by Crippen LogP contribution is 2.51. The Morgan fingerprint density at radius 3 is 2.62 bits per heavy atom. The molecule has 3 aliphatic rings. The zero-order valence-corrected chi connectivity index (χ0v) is 17.6. The van der Waals surface area contributed by atoms with Crippen LogP contribution in [0.2, 0.25) is 0 Å². The van der Waals surface area contributed by atoms with E-state index < -0.39 is 5.60 Å². The summed E-state index contributed by atoms with van der Waals surface area (Å²) >= 11 is 0. The Kier molecular flexibility index (Phi) is 6.37. The van der Waals surface area contributed by atoms with Crippen molar-refractivity contribution in [2.24, 2.45) is 11.8 Å². The number of piperidine rings is 1. The average Bonchev–Trinajstić information content (AvgIpc) is 2.70. The molecule has 1 aliphatic carbocycles. The lowest BCUT2D eigenvalue weighted by molar-refractivity contribution is -0.147. The first-order valence-electron chi connectivity index (χ1n) is 11.0. The Balaban J connectivity index is 1.59. The van der Waals surface area contributed by atoms with E-state index in [1.807, 2.05) is 13.8 Å². The lowest BCUT2D eigenvalue weighted by Crippen LogP contribution is -2.58. The number of hydrogen-bond donors (Lipinski definition) is 1. The predicted octanol–water partition coefficient (Wildman–Crippen LogP) is 2.54. The summed E-state index contributed by atoms with van der Waals surface area (Å²) in [6.45, 7) is 9.03. The molecule has 0 spiro atoms. The van der Waals surface area contributed by atoms with Crippen LogP contribution in [0.3, 0.4) is 0 Å². The third kappa shape index (κ3) is 4.13. The number of hydrogen-bond acceptors (Lipinski definition) is 7. The van der Waals surface area contributed by atoms with Gasteiger partial charge in [-0.15, -0.1) is 0 Å². The molecular formula is C22H33N3O4. The molecule has 2 aliphatic heterocycles. The molecule has 2 atom stereocenters. The molecule has 2 unspecified atom stereocenters. The Labute approximate surface area is 173 Å². The highest BCUT2D eigenvalue weighted by atomic mass is 16.5. The number of likely N-dealkylation sites (tertiary alicyclic amines) is 1. The van der Waals surface area contributed by atoms with Crippen LogP contribution in [0.15, 0.2) is 17.8 Å². The van der Waals surface area contributed by atoms with Crippen LogP contribution in [0.1, 0.15) is 45.1 Å². The van der Waals surface area contributed by atoms with Crippen molar-refractivity contribution < 1.29 is 19.3 Å². The molecular weight excluding hydrogens is 370 g/mol. The molecule has 29 heavy (non-hydrogen) atoms. The molecule has 0 radical (unpaired) electrons. The van der Waals surface area contributed by atoms with E-state index in [4.69, 9.17) is 14.2 Å². The molecule has 0 aromatic carbocycles. The quantitative estimate of drug-likeness (QED) is 0.701. The molecule has 1 saturated heterocycles. The van der Waals surface area contributed by atoms with Gasteiger partial charge in [0.05, 0.1) is 32.0 Å². The zero-order chi connectivity index (χ0) is 20.3. The minimum atomic E-state index is -0.957. The summed E-state index contributed by atoms with van der Waals surface area (Å²) in [7, 11) is 0. The van der Waals surface area contributed by atoms with Gasteiger partial charge in [-0.2, -0.15) is 4.98 Å². The highest BCUT2D eigenvalue weighted by Gasteiger charge is 2.53. The van der Waals surface area contributed by atoms with Gasteiger partial charge in [0.1, 0.15) is 5.60 Å². The van der Waals surface area contributed by atoms with Crippen LogP contribution in [0.25, 0.3) is 0 Å². The first-order chi connectivity index (χ1) is 14.1. The molecule has 160 valence electrons. The van der Waals surface area contributed by atoms with Crippen LogP contribution >= 0.6 is 0 Å². The molecule has 4 rings (SSSR count). The number of aromatic nitrogens is 2. The Hall–Kier alpha value is -1.70. The van der Waals surface area contributed by atoms with Crippen molar-refractivity contribution >= 4 is 0 Å². The molecule has 1 aromatic rings. The summed E-state index contributed by atoms with van der Waals surface area (Å²) < 4.78 is 16.9. The second-order valence-electron chi connectivity index (χ2n) is 8.29. The Bertz CT molecular complexity index is 725. The second kappa shape index (κ2) is 8.98. The number of rotatable bonds is 7. The normalized spacial score (nSPS) is 30.0. The van der Waals surface area contributed by atoms with Crippen LogP contribution in [-0.2, 0) is 10.3 Å².